The van der Waals surface area contributed by atoms with E-state index in [1.54, 1.807) is 6.07 Å². The van der Waals surface area contributed by atoms with E-state index >= 15 is 0 Å². The topological polar surface area (TPSA) is 111 Å². The summed E-state index contributed by atoms with van der Waals surface area (Å²) < 4.78 is 7.26. The Hall–Kier alpha value is -3.64. The van der Waals surface area contributed by atoms with Crippen LogP contribution in [-0.4, -0.2) is 75.5 Å². The second-order valence-electron chi connectivity index (χ2n) is 9.85. The van der Waals surface area contributed by atoms with E-state index in [9.17, 15) is 5.26 Å². The fraction of sp³-hybridized carbons (Fsp3) is 0.480. The van der Waals surface area contributed by atoms with Crippen LogP contribution in [0.4, 0.5) is 29.0 Å². The molecule has 2 aliphatic heterocycles. The lowest BCUT2D eigenvalue weighted by atomic mass is 10.1. The maximum Gasteiger partial charge on any atom is 0.275 e. The zero-order valence-electron chi connectivity index (χ0n) is 20.5. The minimum Gasteiger partial charge on any atom is -0.374 e. The van der Waals surface area contributed by atoms with Crippen LogP contribution in [0.1, 0.15) is 31.7 Å². The minimum atomic E-state index is 0.265. The molecule has 0 spiro atoms. The minimum absolute atomic E-state index is 0.265. The van der Waals surface area contributed by atoms with Gasteiger partial charge in [0.05, 0.1) is 46.4 Å². The van der Waals surface area contributed by atoms with Gasteiger partial charge in [-0.2, -0.15) is 10.2 Å². The van der Waals surface area contributed by atoms with Crippen molar-refractivity contribution in [3.05, 3.63) is 40.3 Å². The number of piperazine rings is 1. The molecule has 6 rings (SSSR count). The molecule has 2 saturated heterocycles. The van der Waals surface area contributed by atoms with Gasteiger partial charge in [0.25, 0.3) is 17.4 Å². The van der Waals surface area contributed by atoms with E-state index in [1.165, 1.54) is 10.7 Å². The van der Waals surface area contributed by atoms with E-state index in [0.717, 1.165) is 57.7 Å². The zero-order valence-corrected chi connectivity index (χ0v) is 21.2. The van der Waals surface area contributed by atoms with Gasteiger partial charge < -0.3 is 25.1 Å². The fourth-order valence-corrected chi connectivity index (χ4v) is 5.17. The number of benzene rings is 1. The number of hydrogen-bond donors (Lipinski definition) is 2. The maximum atomic E-state index is 9.72. The molecular weight excluding hydrogens is 492 g/mol. The van der Waals surface area contributed by atoms with Crippen molar-refractivity contribution >= 4 is 46.2 Å². The lowest BCUT2D eigenvalue weighted by molar-refractivity contribution is -0.124. The summed E-state index contributed by atoms with van der Waals surface area (Å²) in [5.74, 6) is 1.11. The van der Waals surface area contributed by atoms with Gasteiger partial charge in [-0.15, -0.1) is 4.52 Å². The highest BCUT2D eigenvalue weighted by atomic mass is 35.5. The van der Waals surface area contributed by atoms with Gasteiger partial charge in [0.15, 0.2) is 5.82 Å². The van der Waals surface area contributed by atoms with Crippen LogP contribution in [0.3, 0.4) is 0 Å². The summed E-state index contributed by atoms with van der Waals surface area (Å²) in [6.45, 7) is 13.9. The van der Waals surface area contributed by atoms with Crippen molar-refractivity contribution in [2.24, 2.45) is 0 Å². The van der Waals surface area contributed by atoms with Gasteiger partial charge in [-0.3, -0.25) is 4.90 Å². The number of imidazole rings is 1. The molecular formula is C25H27ClN10O. The second-order valence-corrected chi connectivity index (χ2v) is 10.2. The molecule has 0 bridgehead atoms. The van der Waals surface area contributed by atoms with Crippen LogP contribution in [0.5, 0.6) is 0 Å². The fourth-order valence-electron chi connectivity index (χ4n) is 4.90. The first kappa shape index (κ1) is 23.7. The first-order valence-corrected chi connectivity index (χ1v) is 12.9. The molecule has 12 heteroatoms. The van der Waals surface area contributed by atoms with E-state index in [2.05, 4.69) is 53.3 Å². The Bertz CT molecular complexity index is 1410. The Balaban J connectivity index is 1.25. The number of hydrogen-bond acceptors (Lipinski definition) is 9. The summed E-state index contributed by atoms with van der Waals surface area (Å²) in [6.07, 6.45) is 5.43. The normalized spacial score (nSPS) is 21.8. The van der Waals surface area contributed by atoms with Crippen molar-refractivity contribution < 1.29 is 4.74 Å². The summed E-state index contributed by atoms with van der Waals surface area (Å²) in [5.41, 5.74) is 2.33. The Labute approximate surface area is 219 Å². The van der Waals surface area contributed by atoms with E-state index in [1.807, 2.05) is 6.07 Å². The van der Waals surface area contributed by atoms with Gasteiger partial charge in [-0.05, 0) is 31.9 Å². The first-order valence-electron chi connectivity index (χ1n) is 12.5. The molecule has 3 aliphatic rings. The van der Waals surface area contributed by atoms with Crippen molar-refractivity contribution in [3.63, 3.8) is 0 Å². The number of rotatable bonds is 7. The summed E-state index contributed by atoms with van der Waals surface area (Å²) >= 11 is 6.89. The van der Waals surface area contributed by atoms with Crippen molar-refractivity contribution in [1.82, 2.24) is 24.5 Å². The van der Waals surface area contributed by atoms with E-state index in [4.69, 9.17) is 22.9 Å². The van der Waals surface area contributed by atoms with Crippen molar-refractivity contribution in [1.29, 1.82) is 5.26 Å². The van der Waals surface area contributed by atoms with Crippen LogP contribution in [0.2, 0.25) is 5.02 Å². The average molecular weight is 519 g/mol. The molecule has 190 valence electrons. The largest absolute Gasteiger partial charge is 0.374 e. The predicted molar refractivity (Wildman–Crippen MR) is 141 cm³/mol. The Morgan fingerprint density at radius 3 is 2.73 bits per heavy atom. The first-order chi connectivity index (χ1) is 18.0. The predicted octanol–water partition coefficient (Wildman–Crippen LogP) is 3.82. The standard InChI is InChI=1S/C25H27ClN10O/c1-15-9-18(37-15)14-34-5-7-35(8-6-34)20-11-16(12-27)10-19(22(20)26)31-25-32-23(30-17-3-4-17)24-29-13-21(28-2)36(24)33-25/h10-11,13,15,17-18H,3-9,14H2,1H3,(H2,30,31,32,33)/t15-,18?/m0/s1. The third-order valence-corrected chi connectivity index (χ3v) is 7.40. The number of nitrogens with zero attached hydrogens (tertiary/aromatic N) is 8. The highest BCUT2D eigenvalue weighted by molar-refractivity contribution is 6.36. The molecule has 0 amide bonds. The molecule has 4 heterocycles. The lowest BCUT2D eigenvalue weighted by Gasteiger charge is -2.41. The van der Waals surface area contributed by atoms with Crippen molar-refractivity contribution in [3.8, 4) is 6.07 Å². The highest BCUT2D eigenvalue weighted by Gasteiger charge is 2.30. The molecule has 1 unspecified atom stereocenters. The molecule has 37 heavy (non-hydrogen) atoms. The van der Waals surface area contributed by atoms with Gasteiger partial charge in [-0.25, -0.2) is 4.98 Å². The van der Waals surface area contributed by atoms with E-state index in [0.29, 0.717) is 46.0 Å². The number of ether oxygens (including phenoxy) is 1. The molecule has 0 radical (unpaired) electrons. The lowest BCUT2D eigenvalue weighted by Crippen LogP contribution is -2.51. The quantitative estimate of drug-likeness (QED) is 0.451. The molecule has 3 aromatic rings. The summed E-state index contributed by atoms with van der Waals surface area (Å²) in [6, 6.07) is 6.11. The molecule has 11 nitrogen and oxygen atoms in total. The Morgan fingerprint density at radius 1 is 1.27 bits per heavy atom. The molecule has 3 fully saturated rings. The van der Waals surface area contributed by atoms with Crippen LogP contribution in [-0.2, 0) is 4.74 Å². The second kappa shape index (κ2) is 9.67. The third-order valence-electron chi connectivity index (χ3n) is 7.00. The number of aromatic nitrogens is 4. The van der Waals surface area contributed by atoms with Crippen LogP contribution < -0.4 is 15.5 Å². The highest BCUT2D eigenvalue weighted by Crippen LogP contribution is 2.37. The molecule has 1 aliphatic carbocycles. The van der Waals surface area contributed by atoms with Gasteiger partial charge >= 0.3 is 0 Å². The van der Waals surface area contributed by atoms with Crippen molar-refractivity contribution in [2.75, 3.05) is 48.3 Å². The van der Waals surface area contributed by atoms with Gasteiger partial charge in [-0.1, -0.05) is 23.3 Å². The molecule has 1 saturated carbocycles. The number of halogens is 1. The van der Waals surface area contributed by atoms with Crippen LogP contribution in [0.15, 0.2) is 18.3 Å². The van der Waals surface area contributed by atoms with E-state index < -0.39 is 0 Å². The summed E-state index contributed by atoms with van der Waals surface area (Å²) in [4.78, 5) is 17.1. The number of nitriles is 1. The molecule has 2 N–H and O–H groups in total. The molecule has 2 aromatic heterocycles. The van der Waals surface area contributed by atoms with Crippen LogP contribution in [0, 0.1) is 17.9 Å². The van der Waals surface area contributed by atoms with Gasteiger partial charge in [0, 0.05) is 45.2 Å². The number of anilines is 4. The number of nitrogens with one attached hydrogen (secondary N) is 2. The third kappa shape index (κ3) is 4.86. The summed E-state index contributed by atoms with van der Waals surface area (Å²) in [7, 11) is 0. The average Bonchev–Trinajstić information content (AvgIpc) is 3.60. The maximum absolute atomic E-state index is 9.72. The Morgan fingerprint density at radius 2 is 2.05 bits per heavy atom. The molecule has 1 aromatic carbocycles. The monoisotopic (exact) mass is 518 g/mol. The van der Waals surface area contributed by atoms with Crippen LogP contribution >= 0.6 is 11.6 Å². The van der Waals surface area contributed by atoms with Gasteiger partial charge in [0.1, 0.15) is 0 Å². The number of fused-ring (bicyclic) bond motifs is 1. The SMILES string of the molecule is [C-]#[N+]c1cnc2c(NC3CC3)nc(Nc3cc(C#N)cc(N4CCN(CC5C[C@H](C)O5)CC4)c3Cl)nn12. The smallest absolute Gasteiger partial charge is 0.275 e. The summed E-state index contributed by atoms with van der Waals surface area (Å²) in [5, 5.41) is 21.3. The van der Waals surface area contributed by atoms with E-state index in [-0.39, 0.29) is 11.8 Å². The van der Waals surface area contributed by atoms with Crippen LogP contribution in [0.25, 0.3) is 10.5 Å². The Kier molecular flexibility index (Phi) is 6.21. The molecule has 2 atom stereocenters. The van der Waals surface area contributed by atoms with Crippen molar-refractivity contribution in [2.45, 2.75) is 44.4 Å². The van der Waals surface area contributed by atoms with Gasteiger partial charge in [0.2, 0.25) is 0 Å². The zero-order chi connectivity index (χ0) is 25.5.